The lowest BCUT2D eigenvalue weighted by molar-refractivity contribution is 0.151. The molecule has 5 nitrogen and oxygen atoms in total. The molecule has 3 rings (SSSR count). The van der Waals surface area contributed by atoms with Crippen molar-refractivity contribution in [3.63, 3.8) is 0 Å². The van der Waals surface area contributed by atoms with E-state index in [2.05, 4.69) is 15.5 Å². The van der Waals surface area contributed by atoms with Crippen LogP contribution < -0.4 is 10.6 Å². The number of carbonyl (C=O) groups is 1. The third-order valence-corrected chi connectivity index (χ3v) is 4.90. The van der Waals surface area contributed by atoms with Gasteiger partial charge in [-0.2, -0.15) is 0 Å². The Balaban J connectivity index is 1.49. The van der Waals surface area contributed by atoms with Gasteiger partial charge in [-0.15, -0.1) is 0 Å². The van der Waals surface area contributed by atoms with Gasteiger partial charge in [0, 0.05) is 32.2 Å². The monoisotopic (exact) mass is 266 g/mol. The molecular weight excluding hydrogens is 240 g/mol. The lowest BCUT2D eigenvalue weighted by atomic mass is 9.90. The fraction of sp³-hybridized carbons (Fsp3) is 0.929. The molecule has 0 aromatic heterocycles. The van der Waals surface area contributed by atoms with Gasteiger partial charge in [-0.1, -0.05) is 0 Å². The van der Waals surface area contributed by atoms with E-state index in [0.717, 1.165) is 38.1 Å². The SMILES string of the molecule is O=C1NCCN1CCN1CCCC1C1CCCNC1. The van der Waals surface area contributed by atoms with Crippen molar-refractivity contribution in [3.05, 3.63) is 0 Å². The summed E-state index contributed by atoms with van der Waals surface area (Å²) in [5.41, 5.74) is 0. The maximum atomic E-state index is 11.5. The number of rotatable bonds is 4. The largest absolute Gasteiger partial charge is 0.336 e. The van der Waals surface area contributed by atoms with Gasteiger partial charge in [0.15, 0.2) is 0 Å². The van der Waals surface area contributed by atoms with Gasteiger partial charge in [0.05, 0.1) is 0 Å². The zero-order valence-corrected chi connectivity index (χ0v) is 11.7. The summed E-state index contributed by atoms with van der Waals surface area (Å²) in [6.45, 7) is 7.23. The molecule has 3 aliphatic heterocycles. The lowest BCUT2D eigenvalue weighted by Crippen LogP contribution is -2.45. The molecule has 3 saturated heterocycles. The van der Waals surface area contributed by atoms with E-state index in [1.807, 2.05) is 4.90 Å². The number of urea groups is 1. The maximum absolute atomic E-state index is 11.5. The first kappa shape index (κ1) is 13.2. The van der Waals surface area contributed by atoms with Gasteiger partial charge in [-0.05, 0) is 51.2 Å². The van der Waals surface area contributed by atoms with Crippen molar-refractivity contribution < 1.29 is 4.79 Å². The average Bonchev–Trinajstić information content (AvgIpc) is 3.06. The van der Waals surface area contributed by atoms with E-state index in [1.54, 1.807) is 0 Å². The van der Waals surface area contributed by atoms with Crippen LogP contribution in [-0.4, -0.2) is 67.7 Å². The molecule has 19 heavy (non-hydrogen) atoms. The fourth-order valence-electron chi connectivity index (χ4n) is 3.84. The number of likely N-dealkylation sites (tertiary alicyclic amines) is 1. The number of hydrogen-bond acceptors (Lipinski definition) is 3. The first-order valence-electron chi connectivity index (χ1n) is 7.82. The van der Waals surface area contributed by atoms with E-state index < -0.39 is 0 Å². The molecular formula is C14H26N4O. The van der Waals surface area contributed by atoms with Crippen LogP contribution in [0.1, 0.15) is 25.7 Å². The molecule has 108 valence electrons. The summed E-state index contributed by atoms with van der Waals surface area (Å²) < 4.78 is 0. The fourth-order valence-corrected chi connectivity index (χ4v) is 3.84. The van der Waals surface area contributed by atoms with Crippen LogP contribution in [0.4, 0.5) is 4.79 Å². The molecule has 3 fully saturated rings. The summed E-state index contributed by atoms with van der Waals surface area (Å²) in [4.78, 5) is 16.1. The third-order valence-electron chi connectivity index (χ3n) is 4.90. The smallest absolute Gasteiger partial charge is 0.317 e. The number of carbonyl (C=O) groups excluding carboxylic acids is 1. The molecule has 0 aromatic carbocycles. The highest BCUT2D eigenvalue weighted by Gasteiger charge is 2.32. The first-order valence-corrected chi connectivity index (χ1v) is 7.82. The van der Waals surface area contributed by atoms with Gasteiger partial charge in [-0.3, -0.25) is 4.90 Å². The van der Waals surface area contributed by atoms with E-state index in [9.17, 15) is 4.79 Å². The summed E-state index contributed by atoms with van der Waals surface area (Å²) in [5, 5.41) is 6.41. The Morgan fingerprint density at radius 1 is 1.11 bits per heavy atom. The standard InChI is InChI=1S/C14H26N4O/c19-14-16-6-8-18(14)10-9-17-7-2-4-13(17)12-3-1-5-15-11-12/h12-13,15H,1-11H2,(H,16,19). The number of hydrogen-bond donors (Lipinski definition) is 2. The van der Waals surface area contributed by atoms with Gasteiger partial charge in [0.1, 0.15) is 0 Å². The molecule has 3 aliphatic rings. The van der Waals surface area contributed by atoms with E-state index in [0.29, 0.717) is 0 Å². The topological polar surface area (TPSA) is 47.6 Å². The second kappa shape index (κ2) is 6.09. The molecule has 2 N–H and O–H groups in total. The molecule has 0 bridgehead atoms. The second-order valence-electron chi connectivity index (χ2n) is 6.07. The summed E-state index contributed by atoms with van der Waals surface area (Å²) in [7, 11) is 0. The van der Waals surface area contributed by atoms with Crippen LogP contribution in [-0.2, 0) is 0 Å². The number of piperidine rings is 1. The van der Waals surface area contributed by atoms with E-state index in [4.69, 9.17) is 0 Å². The van der Waals surface area contributed by atoms with Crippen LogP contribution in [0.3, 0.4) is 0 Å². The third kappa shape index (κ3) is 3.03. The van der Waals surface area contributed by atoms with Gasteiger partial charge in [0.25, 0.3) is 0 Å². The highest BCUT2D eigenvalue weighted by Crippen LogP contribution is 2.27. The van der Waals surface area contributed by atoms with Crippen molar-refractivity contribution in [2.75, 3.05) is 45.8 Å². The molecule has 2 atom stereocenters. The van der Waals surface area contributed by atoms with Crippen molar-refractivity contribution in [2.24, 2.45) is 5.92 Å². The Kier molecular flexibility index (Phi) is 4.23. The van der Waals surface area contributed by atoms with Crippen molar-refractivity contribution in [1.82, 2.24) is 20.4 Å². The number of nitrogens with zero attached hydrogens (tertiary/aromatic N) is 2. The van der Waals surface area contributed by atoms with Crippen LogP contribution in [0.25, 0.3) is 0 Å². The van der Waals surface area contributed by atoms with E-state index in [-0.39, 0.29) is 6.03 Å². The van der Waals surface area contributed by atoms with E-state index >= 15 is 0 Å². The minimum Gasteiger partial charge on any atom is -0.336 e. The van der Waals surface area contributed by atoms with Crippen molar-refractivity contribution in [1.29, 1.82) is 0 Å². The molecule has 0 aromatic rings. The first-order chi connectivity index (χ1) is 9.34. The van der Waals surface area contributed by atoms with Crippen molar-refractivity contribution in [2.45, 2.75) is 31.7 Å². The highest BCUT2D eigenvalue weighted by atomic mass is 16.2. The van der Waals surface area contributed by atoms with E-state index in [1.165, 1.54) is 45.3 Å². The quantitative estimate of drug-likeness (QED) is 0.778. The predicted octanol–water partition coefficient (Wildman–Crippen LogP) is 0.476. The van der Waals surface area contributed by atoms with Crippen molar-refractivity contribution in [3.8, 4) is 0 Å². The zero-order chi connectivity index (χ0) is 13.1. The predicted molar refractivity (Wildman–Crippen MR) is 75.2 cm³/mol. The van der Waals surface area contributed by atoms with Crippen LogP contribution in [0.15, 0.2) is 0 Å². The molecule has 3 heterocycles. The summed E-state index contributed by atoms with van der Waals surface area (Å²) in [6, 6.07) is 0.869. The van der Waals surface area contributed by atoms with Crippen LogP contribution in [0.2, 0.25) is 0 Å². The van der Waals surface area contributed by atoms with Crippen LogP contribution in [0, 0.1) is 5.92 Å². The van der Waals surface area contributed by atoms with Gasteiger partial charge in [-0.25, -0.2) is 4.79 Å². The lowest BCUT2D eigenvalue weighted by Gasteiger charge is -2.35. The van der Waals surface area contributed by atoms with Crippen LogP contribution in [0.5, 0.6) is 0 Å². The normalized spacial score (nSPS) is 32.8. The maximum Gasteiger partial charge on any atom is 0.317 e. The van der Waals surface area contributed by atoms with Crippen LogP contribution >= 0.6 is 0 Å². The summed E-state index contributed by atoms with van der Waals surface area (Å²) in [5.74, 6) is 0.823. The van der Waals surface area contributed by atoms with Gasteiger partial charge in [0.2, 0.25) is 0 Å². The minimum absolute atomic E-state index is 0.120. The Morgan fingerprint density at radius 3 is 2.79 bits per heavy atom. The zero-order valence-electron chi connectivity index (χ0n) is 11.7. The Labute approximate surface area is 115 Å². The molecule has 5 heteroatoms. The molecule has 2 unspecified atom stereocenters. The Hall–Kier alpha value is -0.810. The summed E-state index contributed by atoms with van der Waals surface area (Å²) in [6.07, 6.45) is 5.37. The van der Waals surface area contributed by atoms with Gasteiger partial charge >= 0.3 is 6.03 Å². The van der Waals surface area contributed by atoms with Gasteiger partial charge < -0.3 is 15.5 Å². The number of amides is 2. The summed E-state index contributed by atoms with van der Waals surface area (Å²) >= 11 is 0. The molecule has 0 saturated carbocycles. The molecule has 0 aliphatic carbocycles. The minimum atomic E-state index is 0.120. The Bertz CT molecular complexity index is 317. The highest BCUT2D eigenvalue weighted by molar-refractivity contribution is 5.76. The average molecular weight is 266 g/mol. The molecule has 2 amide bonds. The molecule has 0 spiro atoms. The number of nitrogens with one attached hydrogen (secondary N) is 2. The molecule has 0 radical (unpaired) electrons. The Morgan fingerprint density at radius 2 is 2.05 bits per heavy atom. The second-order valence-corrected chi connectivity index (χ2v) is 6.07. The van der Waals surface area contributed by atoms with Crippen molar-refractivity contribution >= 4 is 6.03 Å².